The molecule has 1 amide bonds. The zero-order valence-electron chi connectivity index (χ0n) is 7.86. The fraction of sp³-hybridized carbons (Fsp3) is 0.600. The Labute approximate surface area is 78.6 Å². The van der Waals surface area contributed by atoms with Crippen LogP contribution in [0, 0.1) is 17.2 Å². The second-order valence-electron chi connectivity index (χ2n) is 3.13. The van der Waals surface area contributed by atoms with E-state index in [4.69, 9.17) is 5.26 Å². The number of amides is 1. The van der Waals surface area contributed by atoms with Crippen LogP contribution in [0.1, 0.15) is 19.8 Å². The Morgan fingerprint density at radius 1 is 1.69 bits per heavy atom. The van der Waals surface area contributed by atoms with Gasteiger partial charge in [0.2, 0.25) is 5.91 Å². The van der Waals surface area contributed by atoms with Crippen LogP contribution in [0.25, 0.3) is 0 Å². The summed E-state index contributed by atoms with van der Waals surface area (Å²) in [6.07, 6.45) is 5.56. The van der Waals surface area contributed by atoms with Gasteiger partial charge in [-0.05, 0) is 12.8 Å². The van der Waals surface area contributed by atoms with Gasteiger partial charge < -0.3 is 4.90 Å². The molecule has 0 saturated heterocycles. The second-order valence-corrected chi connectivity index (χ2v) is 3.13. The van der Waals surface area contributed by atoms with Crippen LogP contribution < -0.4 is 0 Å². The molecule has 1 rings (SSSR count). The van der Waals surface area contributed by atoms with E-state index in [-0.39, 0.29) is 5.91 Å². The first-order valence-corrected chi connectivity index (χ1v) is 4.63. The number of nitriles is 1. The Balaban J connectivity index is 2.56. The molecule has 0 fully saturated rings. The minimum atomic E-state index is -0.452. The molecule has 70 valence electrons. The van der Waals surface area contributed by atoms with Crippen LogP contribution in [0.15, 0.2) is 12.2 Å². The van der Waals surface area contributed by atoms with E-state index in [0.29, 0.717) is 13.0 Å². The van der Waals surface area contributed by atoms with Crippen LogP contribution in [-0.4, -0.2) is 23.9 Å². The molecule has 13 heavy (non-hydrogen) atoms. The van der Waals surface area contributed by atoms with Gasteiger partial charge in [-0.3, -0.25) is 4.79 Å². The van der Waals surface area contributed by atoms with E-state index in [9.17, 15) is 4.79 Å². The highest BCUT2D eigenvalue weighted by molar-refractivity contribution is 5.81. The minimum absolute atomic E-state index is 0.0191. The lowest BCUT2D eigenvalue weighted by atomic mass is 10.1. The van der Waals surface area contributed by atoms with Gasteiger partial charge >= 0.3 is 0 Å². The number of hydrogen-bond donors (Lipinski definition) is 0. The third-order valence-electron chi connectivity index (χ3n) is 2.23. The molecule has 0 N–H and O–H groups in total. The molecule has 0 aromatic rings. The van der Waals surface area contributed by atoms with Crippen molar-refractivity contribution in [3.05, 3.63) is 12.2 Å². The smallest absolute Gasteiger partial charge is 0.240 e. The van der Waals surface area contributed by atoms with E-state index in [2.05, 4.69) is 6.08 Å². The Morgan fingerprint density at radius 3 is 2.92 bits per heavy atom. The highest BCUT2D eigenvalue weighted by Crippen LogP contribution is 2.09. The second kappa shape index (κ2) is 4.66. The SMILES string of the molecule is CCC(C#N)C(=O)N1CC=CCC1. The number of carbonyl (C=O) groups excluding carboxylic acids is 1. The van der Waals surface area contributed by atoms with Gasteiger partial charge in [-0.15, -0.1) is 0 Å². The maximum Gasteiger partial charge on any atom is 0.240 e. The van der Waals surface area contributed by atoms with E-state index >= 15 is 0 Å². The van der Waals surface area contributed by atoms with Crippen molar-refractivity contribution in [2.45, 2.75) is 19.8 Å². The van der Waals surface area contributed by atoms with Crippen molar-refractivity contribution in [3.63, 3.8) is 0 Å². The normalized spacial score (nSPS) is 18.0. The van der Waals surface area contributed by atoms with Gasteiger partial charge in [0.15, 0.2) is 0 Å². The summed E-state index contributed by atoms with van der Waals surface area (Å²) in [7, 11) is 0. The lowest BCUT2D eigenvalue weighted by molar-refractivity contribution is -0.133. The number of hydrogen-bond acceptors (Lipinski definition) is 2. The molecule has 1 unspecified atom stereocenters. The predicted octanol–water partition coefficient (Wildman–Crippen LogP) is 1.32. The maximum absolute atomic E-state index is 11.6. The Hall–Kier alpha value is -1.30. The van der Waals surface area contributed by atoms with Crippen molar-refractivity contribution < 1.29 is 4.79 Å². The van der Waals surface area contributed by atoms with E-state index in [0.717, 1.165) is 13.0 Å². The molecule has 0 spiro atoms. The van der Waals surface area contributed by atoms with Crippen LogP contribution in [0.5, 0.6) is 0 Å². The number of rotatable bonds is 2. The molecule has 3 heteroatoms. The summed E-state index contributed by atoms with van der Waals surface area (Å²) in [4.78, 5) is 13.4. The van der Waals surface area contributed by atoms with Crippen LogP contribution in [0.3, 0.4) is 0 Å². The molecule has 0 radical (unpaired) electrons. The Bertz CT molecular complexity index is 252. The van der Waals surface area contributed by atoms with Crippen molar-refractivity contribution in [2.75, 3.05) is 13.1 Å². The van der Waals surface area contributed by atoms with Crippen LogP contribution in [0.2, 0.25) is 0 Å². The van der Waals surface area contributed by atoms with Crippen LogP contribution in [-0.2, 0) is 4.79 Å². The zero-order valence-corrected chi connectivity index (χ0v) is 7.86. The molecule has 1 atom stereocenters. The molecule has 0 aromatic heterocycles. The lowest BCUT2D eigenvalue weighted by Gasteiger charge is -2.24. The summed E-state index contributed by atoms with van der Waals surface area (Å²) >= 11 is 0. The first-order chi connectivity index (χ1) is 6.29. The molecule has 1 heterocycles. The largest absolute Gasteiger partial charge is 0.338 e. The summed E-state index contributed by atoms with van der Waals surface area (Å²) in [5.74, 6) is -0.471. The van der Waals surface area contributed by atoms with Gasteiger partial charge in [0.05, 0.1) is 6.07 Å². The molecule has 0 aliphatic carbocycles. The summed E-state index contributed by atoms with van der Waals surface area (Å²) in [6.45, 7) is 3.29. The fourth-order valence-electron chi connectivity index (χ4n) is 1.38. The molecule has 0 saturated carbocycles. The minimum Gasteiger partial charge on any atom is -0.338 e. The summed E-state index contributed by atoms with van der Waals surface area (Å²) < 4.78 is 0. The predicted molar refractivity (Wildman–Crippen MR) is 49.7 cm³/mol. The molecule has 0 bridgehead atoms. The Kier molecular flexibility index (Phi) is 3.51. The highest BCUT2D eigenvalue weighted by atomic mass is 16.2. The first-order valence-electron chi connectivity index (χ1n) is 4.63. The third-order valence-corrected chi connectivity index (χ3v) is 2.23. The number of nitrogens with zero attached hydrogens (tertiary/aromatic N) is 2. The molecular formula is C10H14N2O. The standard InChI is InChI=1S/C10H14N2O/c1-2-9(8-11)10(13)12-6-4-3-5-7-12/h3-4,9H,2,5-7H2,1H3. The van der Waals surface area contributed by atoms with Gasteiger partial charge in [-0.25, -0.2) is 0 Å². The zero-order chi connectivity index (χ0) is 9.68. The average Bonchev–Trinajstić information content (AvgIpc) is 2.21. The molecule has 3 nitrogen and oxygen atoms in total. The topological polar surface area (TPSA) is 44.1 Å². The first kappa shape index (κ1) is 9.79. The van der Waals surface area contributed by atoms with E-state index in [1.54, 1.807) is 4.90 Å². The van der Waals surface area contributed by atoms with Crippen molar-refractivity contribution in [3.8, 4) is 6.07 Å². The van der Waals surface area contributed by atoms with Gasteiger partial charge in [0.1, 0.15) is 5.92 Å². The molecule has 0 aromatic carbocycles. The molecule has 1 aliphatic heterocycles. The van der Waals surface area contributed by atoms with Crippen molar-refractivity contribution in [1.82, 2.24) is 4.90 Å². The lowest BCUT2D eigenvalue weighted by Crippen LogP contribution is -2.37. The molecule has 1 aliphatic rings. The summed E-state index contributed by atoms with van der Waals surface area (Å²) in [5.41, 5.74) is 0. The van der Waals surface area contributed by atoms with Crippen molar-refractivity contribution >= 4 is 5.91 Å². The van der Waals surface area contributed by atoms with Gasteiger partial charge in [0.25, 0.3) is 0 Å². The van der Waals surface area contributed by atoms with E-state index < -0.39 is 5.92 Å². The Morgan fingerprint density at radius 2 is 2.46 bits per heavy atom. The van der Waals surface area contributed by atoms with Crippen molar-refractivity contribution in [1.29, 1.82) is 5.26 Å². The average molecular weight is 178 g/mol. The monoisotopic (exact) mass is 178 g/mol. The highest BCUT2D eigenvalue weighted by Gasteiger charge is 2.22. The van der Waals surface area contributed by atoms with Gasteiger partial charge in [-0.2, -0.15) is 5.26 Å². The number of carbonyl (C=O) groups is 1. The molecular weight excluding hydrogens is 164 g/mol. The van der Waals surface area contributed by atoms with E-state index in [1.807, 2.05) is 19.1 Å². The summed E-state index contributed by atoms with van der Waals surface area (Å²) in [6, 6.07) is 2.03. The summed E-state index contributed by atoms with van der Waals surface area (Å²) in [5, 5.41) is 8.71. The van der Waals surface area contributed by atoms with Gasteiger partial charge in [0, 0.05) is 13.1 Å². The van der Waals surface area contributed by atoms with E-state index in [1.165, 1.54) is 0 Å². The van der Waals surface area contributed by atoms with Crippen molar-refractivity contribution in [2.24, 2.45) is 5.92 Å². The van der Waals surface area contributed by atoms with Crippen LogP contribution >= 0.6 is 0 Å². The van der Waals surface area contributed by atoms with Gasteiger partial charge in [-0.1, -0.05) is 19.1 Å². The third kappa shape index (κ3) is 2.32. The maximum atomic E-state index is 11.6. The van der Waals surface area contributed by atoms with Crippen LogP contribution in [0.4, 0.5) is 0 Å². The fourth-order valence-corrected chi connectivity index (χ4v) is 1.38. The quantitative estimate of drug-likeness (QED) is 0.599.